The van der Waals surface area contributed by atoms with E-state index in [9.17, 15) is 0 Å². The van der Waals surface area contributed by atoms with Crippen molar-refractivity contribution in [2.75, 3.05) is 7.11 Å². The molecule has 4 rings (SSSR count). The van der Waals surface area contributed by atoms with Gasteiger partial charge in [-0.05, 0) is 24.3 Å². The molecule has 0 radical (unpaired) electrons. The summed E-state index contributed by atoms with van der Waals surface area (Å²) in [5.41, 5.74) is 1.52. The first-order valence-corrected chi connectivity index (χ1v) is 7.78. The molecule has 0 aliphatic carbocycles. The van der Waals surface area contributed by atoms with Gasteiger partial charge >= 0.3 is 0 Å². The number of hydrogen-bond acceptors (Lipinski definition) is 6. The average Bonchev–Trinajstić information content (AvgIpc) is 3.15. The van der Waals surface area contributed by atoms with Gasteiger partial charge in [-0.15, -0.1) is 0 Å². The first-order valence-electron chi connectivity index (χ1n) is 7.78. The molecule has 6 heteroatoms. The molecule has 0 unspecified atom stereocenters. The minimum absolute atomic E-state index is 0.195. The van der Waals surface area contributed by atoms with Crippen molar-refractivity contribution in [1.29, 1.82) is 0 Å². The zero-order valence-electron chi connectivity index (χ0n) is 13.5. The third-order valence-electron chi connectivity index (χ3n) is 3.70. The molecule has 124 valence electrons. The topological polar surface area (TPSA) is 70.3 Å². The van der Waals surface area contributed by atoms with E-state index < -0.39 is 0 Å². The standard InChI is InChI=1S/C19H15N3O3/c1-23-19-15(11-13-7-5-6-10-16(13)20-19)18-21-17(25-22-18)12-24-14-8-3-2-4-9-14/h2-11H,12H2,1H3. The summed E-state index contributed by atoms with van der Waals surface area (Å²) in [5.74, 6) is 2.00. The second kappa shape index (κ2) is 6.60. The van der Waals surface area contributed by atoms with Crippen LogP contribution in [0, 0.1) is 0 Å². The highest BCUT2D eigenvalue weighted by Crippen LogP contribution is 2.29. The maximum Gasteiger partial charge on any atom is 0.264 e. The van der Waals surface area contributed by atoms with Gasteiger partial charge in [0.15, 0.2) is 6.61 Å². The van der Waals surface area contributed by atoms with Crippen LogP contribution in [0.1, 0.15) is 5.89 Å². The Bertz CT molecular complexity index is 999. The van der Waals surface area contributed by atoms with Crippen molar-refractivity contribution in [3.8, 4) is 23.0 Å². The van der Waals surface area contributed by atoms with Crippen molar-refractivity contribution >= 4 is 10.9 Å². The fourth-order valence-corrected chi connectivity index (χ4v) is 2.50. The minimum Gasteiger partial charge on any atom is -0.484 e. The molecule has 0 atom stereocenters. The lowest BCUT2D eigenvalue weighted by Gasteiger charge is -2.06. The fourth-order valence-electron chi connectivity index (χ4n) is 2.50. The Morgan fingerprint density at radius 3 is 2.60 bits per heavy atom. The SMILES string of the molecule is COc1nc2ccccc2cc1-c1noc(COc2ccccc2)n1. The van der Waals surface area contributed by atoms with Gasteiger partial charge in [0.05, 0.1) is 18.2 Å². The van der Waals surface area contributed by atoms with Crippen molar-refractivity contribution in [1.82, 2.24) is 15.1 Å². The lowest BCUT2D eigenvalue weighted by atomic mass is 10.1. The van der Waals surface area contributed by atoms with Crippen LogP contribution in [-0.2, 0) is 6.61 Å². The Hall–Kier alpha value is -3.41. The number of benzene rings is 2. The van der Waals surface area contributed by atoms with Crippen molar-refractivity contribution in [3.05, 3.63) is 66.6 Å². The zero-order valence-corrected chi connectivity index (χ0v) is 13.5. The van der Waals surface area contributed by atoms with E-state index >= 15 is 0 Å². The molecule has 25 heavy (non-hydrogen) atoms. The van der Waals surface area contributed by atoms with Crippen LogP contribution in [0.4, 0.5) is 0 Å². The van der Waals surface area contributed by atoms with Gasteiger partial charge in [0, 0.05) is 5.39 Å². The van der Waals surface area contributed by atoms with Crippen LogP contribution in [0.25, 0.3) is 22.3 Å². The van der Waals surface area contributed by atoms with E-state index in [0.717, 1.165) is 16.7 Å². The first-order chi connectivity index (χ1) is 12.3. The molecule has 2 heterocycles. The molecular weight excluding hydrogens is 318 g/mol. The highest BCUT2D eigenvalue weighted by molar-refractivity contribution is 5.84. The number of aromatic nitrogens is 3. The van der Waals surface area contributed by atoms with Gasteiger partial charge in [0.1, 0.15) is 5.75 Å². The molecule has 4 aromatic rings. The van der Waals surface area contributed by atoms with Gasteiger partial charge in [0.2, 0.25) is 11.7 Å². The van der Waals surface area contributed by atoms with E-state index in [1.165, 1.54) is 0 Å². The third kappa shape index (κ3) is 3.14. The summed E-state index contributed by atoms with van der Waals surface area (Å²) in [4.78, 5) is 8.89. The maximum atomic E-state index is 5.62. The van der Waals surface area contributed by atoms with Crippen LogP contribution < -0.4 is 9.47 Å². The molecule has 0 aliphatic rings. The predicted molar refractivity (Wildman–Crippen MR) is 92.4 cm³/mol. The molecule has 0 saturated carbocycles. The highest BCUT2D eigenvalue weighted by atomic mass is 16.5. The summed E-state index contributed by atoms with van der Waals surface area (Å²) in [7, 11) is 1.57. The van der Waals surface area contributed by atoms with E-state index in [1.54, 1.807) is 7.11 Å². The quantitative estimate of drug-likeness (QED) is 0.552. The van der Waals surface area contributed by atoms with Gasteiger partial charge in [0.25, 0.3) is 5.89 Å². The summed E-state index contributed by atoms with van der Waals surface area (Å²) in [6.45, 7) is 0.195. The number of pyridine rings is 1. The summed E-state index contributed by atoms with van der Waals surface area (Å²) < 4.78 is 16.3. The molecular formula is C19H15N3O3. The van der Waals surface area contributed by atoms with E-state index in [2.05, 4.69) is 15.1 Å². The van der Waals surface area contributed by atoms with Crippen molar-refractivity contribution < 1.29 is 14.0 Å². The monoisotopic (exact) mass is 333 g/mol. The number of para-hydroxylation sites is 2. The van der Waals surface area contributed by atoms with Crippen molar-refractivity contribution in [2.45, 2.75) is 6.61 Å². The van der Waals surface area contributed by atoms with E-state index in [-0.39, 0.29) is 6.61 Å². The second-order valence-corrected chi connectivity index (χ2v) is 5.35. The van der Waals surface area contributed by atoms with Crippen LogP contribution in [0.3, 0.4) is 0 Å². The smallest absolute Gasteiger partial charge is 0.264 e. The number of methoxy groups -OCH3 is 1. The molecule has 0 saturated heterocycles. The number of hydrogen-bond donors (Lipinski definition) is 0. The Kier molecular flexibility index (Phi) is 4.00. The summed E-state index contributed by atoms with van der Waals surface area (Å²) in [6, 6.07) is 19.2. The molecule has 0 amide bonds. The fraction of sp³-hybridized carbons (Fsp3) is 0.105. The number of rotatable bonds is 5. The Labute approximate surface area is 144 Å². The van der Waals surface area contributed by atoms with Crippen LogP contribution in [0.2, 0.25) is 0 Å². The lowest BCUT2D eigenvalue weighted by molar-refractivity contribution is 0.243. The second-order valence-electron chi connectivity index (χ2n) is 5.35. The average molecular weight is 333 g/mol. The minimum atomic E-state index is 0.195. The molecule has 0 bridgehead atoms. The molecule has 0 N–H and O–H groups in total. The molecule has 0 fully saturated rings. The number of fused-ring (bicyclic) bond motifs is 1. The van der Waals surface area contributed by atoms with Crippen molar-refractivity contribution in [3.63, 3.8) is 0 Å². The largest absolute Gasteiger partial charge is 0.484 e. The maximum absolute atomic E-state index is 5.62. The van der Waals surface area contributed by atoms with Gasteiger partial charge in [-0.25, -0.2) is 4.98 Å². The van der Waals surface area contributed by atoms with E-state index in [1.807, 2.05) is 60.7 Å². The van der Waals surface area contributed by atoms with E-state index in [4.69, 9.17) is 14.0 Å². The summed E-state index contributed by atoms with van der Waals surface area (Å²) >= 11 is 0. The van der Waals surface area contributed by atoms with Crippen molar-refractivity contribution in [2.24, 2.45) is 0 Å². The Morgan fingerprint density at radius 2 is 1.76 bits per heavy atom. The van der Waals surface area contributed by atoms with Gasteiger partial charge < -0.3 is 14.0 Å². The van der Waals surface area contributed by atoms with Crippen LogP contribution in [-0.4, -0.2) is 22.2 Å². The Morgan fingerprint density at radius 1 is 0.960 bits per heavy atom. The van der Waals surface area contributed by atoms with Crippen LogP contribution >= 0.6 is 0 Å². The molecule has 6 nitrogen and oxygen atoms in total. The van der Waals surface area contributed by atoms with Gasteiger partial charge in [-0.2, -0.15) is 4.98 Å². The summed E-state index contributed by atoms with van der Waals surface area (Å²) in [6.07, 6.45) is 0. The van der Waals surface area contributed by atoms with Gasteiger partial charge in [-0.1, -0.05) is 41.6 Å². The zero-order chi connectivity index (χ0) is 17.1. The molecule has 0 aliphatic heterocycles. The first kappa shape index (κ1) is 15.1. The highest BCUT2D eigenvalue weighted by Gasteiger charge is 2.16. The molecule has 0 spiro atoms. The number of ether oxygens (including phenoxy) is 2. The molecule has 2 aromatic carbocycles. The lowest BCUT2D eigenvalue weighted by Crippen LogP contribution is -1.96. The molecule has 2 aromatic heterocycles. The predicted octanol–water partition coefficient (Wildman–Crippen LogP) is 3.87. The third-order valence-corrected chi connectivity index (χ3v) is 3.70. The normalized spacial score (nSPS) is 10.8. The summed E-state index contributed by atoms with van der Waals surface area (Å²) in [5, 5.41) is 5.01. The van der Waals surface area contributed by atoms with Crippen LogP contribution in [0.5, 0.6) is 11.6 Å². The van der Waals surface area contributed by atoms with E-state index in [0.29, 0.717) is 23.2 Å². The number of nitrogens with zero attached hydrogens (tertiary/aromatic N) is 3. The van der Waals surface area contributed by atoms with Crippen LogP contribution in [0.15, 0.2) is 65.2 Å². The Balaban J connectivity index is 1.62. The van der Waals surface area contributed by atoms with Gasteiger partial charge in [-0.3, -0.25) is 0 Å².